The van der Waals surface area contributed by atoms with Crippen molar-refractivity contribution in [1.29, 1.82) is 0 Å². The summed E-state index contributed by atoms with van der Waals surface area (Å²) in [6, 6.07) is 12.3. The fourth-order valence-electron chi connectivity index (χ4n) is 2.14. The molecule has 4 nitrogen and oxygen atoms in total. The third kappa shape index (κ3) is 4.57. The maximum absolute atomic E-state index is 12.1. The molecule has 0 saturated heterocycles. The molecule has 0 aliphatic rings. The summed E-state index contributed by atoms with van der Waals surface area (Å²) in [5, 5.41) is 3.33. The van der Waals surface area contributed by atoms with Gasteiger partial charge in [0.15, 0.2) is 5.78 Å². The van der Waals surface area contributed by atoms with Crippen molar-refractivity contribution < 1.29 is 14.3 Å². The van der Waals surface area contributed by atoms with Crippen LogP contribution in [0.4, 0.5) is 5.69 Å². The molecular formula is C18H18ClNO3. The van der Waals surface area contributed by atoms with Gasteiger partial charge in [0.2, 0.25) is 5.91 Å². The minimum absolute atomic E-state index is 0.0556. The van der Waals surface area contributed by atoms with Crippen molar-refractivity contribution in [2.45, 2.75) is 19.8 Å². The number of hydrogen-bond acceptors (Lipinski definition) is 3. The van der Waals surface area contributed by atoms with Crippen LogP contribution in [0.1, 0.15) is 28.8 Å². The van der Waals surface area contributed by atoms with Crippen LogP contribution in [0.2, 0.25) is 5.02 Å². The van der Waals surface area contributed by atoms with Gasteiger partial charge in [-0.3, -0.25) is 9.59 Å². The van der Waals surface area contributed by atoms with Crippen molar-refractivity contribution in [3.63, 3.8) is 0 Å². The Morgan fingerprint density at radius 3 is 2.48 bits per heavy atom. The predicted octanol–water partition coefficient (Wildman–Crippen LogP) is 4.26. The number of ketones is 1. The average molecular weight is 332 g/mol. The Morgan fingerprint density at radius 1 is 1.13 bits per heavy atom. The first-order valence-electron chi connectivity index (χ1n) is 7.23. The van der Waals surface area contributed by atoms with Crippen LogP contribution in [0.5, 0.6) is 5.75 Å². The van der Waals surface area contributed by atoms with Gasteiger partial charge in [0, 0.05) is 29.5 Å². The van der Waals surface area contributed by atoms with Crippen LogP contribution in [-0.2, 0) is 4.79 Å². The number of carbonyl (C=O) groups is 2. The van der Waals surface area contributed by atoms with E-state index in [2.05, 4.69) is 5.32 Å². The molecule has 0 aliphatic heterocycles. The zero-order valence-electron chi connectivity index (χ0n) is 13.1. The van der Waals surface area contributed by atoms with Crippen molar-refractivity contribution in [3.8, 4) is 5.75 Å². The number of carbonyl (C=O) groups excluding carboxylic acids is 2. The lowest BCUT2D eigenvalue weighted by Gasteiger charge is -2.12. The molecule has 0 radical (unpaired) electrons. The van der Waals surface area contributed by atoms with Crippen LogP contribution in [-0.4, -0.2) is 18.8 Å². The first-order chi connectivity index (χ1) is 11.0. The lowest BCUT2D eigenvalue weighted by atomic mass is 10.1. The first kappa shape index (κ1) is 17.0. The van der Waals surface area contributed by atoms with Crippen molar-refractivity contribution >= 4 is 29.0 Å². The van der Waals surface area contributed by atoms with E-state index in [0.717, 1.165) is 5.56 Å². The summed E-state index contributed by atoms with van der Waals surface area (Å²) in [6.07, 6.45) is 0.267. The lowest BCUT2D eigenvalue weighted by Crippen LogP contribution is -2.14. The number of methoxy groups -OCH3 is 1. The zero-order valence-corrected chi connectivity index (χ0v) is 13.8. The average Bonchev–Trinajstić information content (AvgIpc) is 2.56. The Balaban J connectivity index is 1.98. The van der Waals surface area contributed by atoms with E-state index in [1.165, 1.54) is 7.11 Å². The van der Waals surface area contributed by atoms with Crippen molar-refractivity contribution in [1.82, 2.24) is 0 Å². The number of nitrogens with one attached hydrogen (secondary N) is 1. The molecule has 0 bridgehead atoms. The van der Waals surface area contributed by atoms with Crippen LogP contribution in [0.3, 0.4) is 0 Å². The van der Waals surface area contributed by atoms with E-state index in [-0.39, 0.29) is 24.5 Å². The maximum atomic E-state index is 12.1. The highest BCUT2D eigenvalue weighted by Crippen LogP contribution is 2.31. The molecule has 23 heavy (non-hydrogen) atoms. The van der Waals surface area contributed by atoms with Crippen LogP contribution in [0.25, 0.3) is 0 Å². The van der Waals surface area contributed by atoms with Crippen LogP contribution in [0, 0.1) is 6.92 Å². The monoisotopic (exact) mass is 331 g/mol. The molecule has 1 amide bonds. The number of hydrogen-bond donors (Lipinski definition) is 1. The Bertz CT molecular complexity index is 714. The van der Waals surface area contributed by atoms with Gasteiger partial charge in [-0.15, -0.1) is 0 Å². The number of amides is 1. The molecule has 2 rings (SSSR count). The fraction of sp³-hybridized carbons (Fsp3) is 0.222. The zero-order chi connectivity index (χ0) is 16.8. The maximum Gasteiger partial charge on any atom is 0.224 e. The Hall–Kier alpha value is -2.33. The molecule has 5 heteroatoms. The molecule has 0 saturated carbocycles. The molecule has 2 aromatic rings. The van der Waals surface area contributed by atoms with Gasteiger partial charge in [-0.05, 0) is 18.6 Å². The molecule has 1 N–H and O–H groups in total. The molecular weight excluding hydrogens is 314 g/mol. The third-order valence-electron chi connectivity index (χ3n) is 3.43. The van der Waals surface area contributed by atoms with E-state index in [0.29, 0.717) is 22.0 Å². The summed E-state index contributed by atoms with van der Waals surface area (Å²) in [6.45, 7) is 1.84. The number of rotatable bonds is 6. The lowest BCUT2D eigenvalue weighted by molar-refractivity contribution is -0.116. The number of benzene rings is 2. The fourth-order valence-corrected chi connectivity index (χ4v) is 2.29. The molecule has 120 valence electrons. The van der Waals surface area contributed by atoms with E-state index in [9.17, 15) is 9.59 Å². The molecule has 0 unspecified atom stereocenters. The van der Waals surface area contributed by atoms with Crippen molar-refractivity contribution in [2.24, 2.45) is 0 Å². The van der Waals surface area contributed by atoms with E-state index in [1.807, 2.05) is 13.0 Å². The summed E-state index contributed by atoms with van der Waals surface area (Å²) < 4.78 is 5.21. The number of ether oxygens (including phenoxy) is 1. The predicted molar refractivity (Wildman–Crippen MR) is 91.4 cm³/mol. The standard InChI is InChI=1S/C18H18ClNO3/c1-12-10-15(17(23-2)11-14(12)19)20-18(22)9-8-16(21)13-6-4-3-5-7-13/h3-7,10-11H,8-9H2,1-2H3,(H,20,22). The van der Waals surface area contributed by atoms with Gasteiger partial charge < -0.3 is 10.1 Å². The second-order valence-corrected chi connectivity index (χ2v) is 5.55. The van der Waals surface area contributed by atoms with Gasteiger partial charge in [0.05, 0.1) is 12.8 Å². The minimum Gasteiger partial charge on any atom is -0.495 e. The molecule has 0 fully saturated rings. The van der Waals surface area contributed by atoms with Crippen molar-refractivity contribution in [2.75, 3.05) is 12.4 Å². The molecule has 2 aromatic carbocycles. The highest BCUT2D eigenvalue weighted by atomic mass is 35.5. The second kappa shape index (κ2) is 7.79. The largest absolute Gasteiger partial charge is 0.495 e. The van der Waals surface area contributed by atoms with Gasteiger partial charge in [-0.1, -0.05) is 41.9 Å². The van der Waals surface area contributed by atoms with Gasteiger partial charge in [0.25, 0.3) is 0 Å². The number of halogens is 1. The number of anilines is 1. The highest BCUT2D eigenvalue weighted by molar-refractivity contribution is 6.31. The van der Waals surface area contributed by atoms with Crippen LogP contribution in [0.15, 0.2) is 42.5 Å². The van der Waals surface area contributed by atoms with Gasteiger partial charge in [-0.2, -0.15) is 0 Å². The highest BCUT2D eigenvalue weighted by Gasteiger charge is 2.12. The summed E-state index contributed by atoms with van der Waals surface area (Å²) in [4.78, 5) is 24.1. The SMILES string of the molecule is COc1cc(Cl)c(C)cc1NC(=O)CCC(=O)c1ccccc1. The van der Waals surface area contributed by atoms with Crippen molar-refractivity contribution in [3.05, 3.63) is 58.6 Å². The second-order valence-electron chi connectivity index (χ2n) is 5.14. The first-order valence-corrected chi connectivity index (χ1v) is 7.61. The molecule has 0 aliphatic carbocycles. The Morgan fingerprint density at radius 2 is 1.83 bits per heavy atom. The smallest absolute Gasteiger partial charge is 0.224 e. The normalized spacial score (nSPS) is 10.2. The van der Waals surface area contributed by atoms with E-state index >= 15 is 0 Å². The van der Waals surface area contributed by atoms with Crippen LogP contribution < -0.4 is 10.1 Å². The third-order valence-corrected chi connectivity index (χ3v) is 3.84. The molecule has 0 spiro atoms. The number of aryl methyl sites for hydroxylation is 1. The van der Waals surface area contributed by atoms with Crippen LogP contribution >= 0.6 is 11.6 Å². The summed E-state index contributed by atoms with van der Waals surface area (Å²) in [5.41, 5.74) is 2.00. The topological polar surface area (TPSA) is 55.4 Å². The molecule has 0 atom stereocenters. The summed E-state index contributed by atoms with van der Waals surface area (Å²) >= 11 is 6.03. The Kier molecular flexibility index (Phi) is 5.77. The number of Topliss-reactive ketones (excluding diaryl/α,β-unsaturated/α-hetero) is 1. The quantitative estimate of drug-likeness (QED) is 0.805. The van der Waals surface area contributed by atoms with Gasteiger partial charge in [0.1, 0.15) is 5.75 Å². The minimum atomic E-state index is -0.241. The van der Waals surface area contributed by atoms with E-state index in [4.69, 9.17) is 16.3 Å². The molecule has 0 aromatic heterocycles. The summed E-state index contributed by atoms with van der Waals surface area (Å²) in [5.74, 6) is 0.192. The summed E-state index contributed by atoms with van der Waals surface area (Å²) in [7, 11) is 1.51. The van der Waals surface area contributed by atoms with E-state index in [1.54, 1.807) is 36.4 Å². The Labute approximate surface area is 140 Å². The van der Waals surface area contributed by atoms with Gasteiger partial charge >= 0.3 is 0 Å². The van der Waals surface area contributed by atoms with Gasteiger partial charge in [-0.25, -0.2) is 0 Å². The molecule has 0 heterocycles. The van der Waals surface area contributed by atoms with E-state index < -0.39 is 0 Å².